The van der Waals surface area contributed by atoms with E-state index in [1.54, 1.807) is 44.7 Å². The van der Waals surface area contributed by atoms with Gasteiger partial charge in [0, 0.05) is 36.8 Å². The van der Waals surface area contributed by atoms with Crippen LogP contribution in [0.2, 0.25) is 0 Å². The first-order valence-corrected chi connectivity index (χ1v) is 12.0. The lowest BCUT2D eigenvalue weighted by atomic mass is 10.1. The average Bonchev–Trinajstić information content (AvgIpc) is 3.29. The van der Waals surface area contributed by atoms with Crippen LogP contribution in [-0.2, 0) is 11.2 Å². The van der Waals surface area contributed by atoms with Crippen molar-refractivity contribution in [3.63, 3.8) is 0 Å². The molecule has 0 aliphatic rings. The number of hydrogen-bond donors (Lipinski definition) is 2. The molecule has 0 bridgehead atoms. The van der Waals surface area contributed by atoms with E-state index in [0.717, 1.165) is 24.0 Å². The normalized spacial score (nSPS) is 11.5. The third-order valence-corrected chi connectivity index (χ3v) is 6.14. The quantitative estimate of drug-likeness (QED) is 0.372. The standard InChI is InChI=1S/C28H29N7O2/c1-5-7-19-13-14-30-22(17-19)32-28(37)21-11-9-20(10-12-21)24-25-26(29)31-15-16-35(25)27(33-24)18(3)34(4)23(36)8-6-2/h9-18H,5,7H2,1-4H3,(H2,29,31)(H,30,32,37)/t18-/m0/s1. The zero-order chi connectivity index (χ0) is 26.5. The van der Waals surface area contributed by atoms with Gasteiger partial charge >= 0.3 is 0 Å². The lowest BCUT2D eigenvalue weighted by Gasteiger charge is -2.21. The number of aromatic nitrogens is 4. The van der Waals surface area contributed by atoms with Crippen LogP contribution in [0.15, 0.2) is 55.0 Å². The zero-order valence-electron chi connectivity index (χ0n) is 21.3. The van der Waals surface area contributed by atoms with Crippen molar-refractivity contribution < 1.29 is 9.59 Å². The molecule has 0 saturated carbocycles. The van der Waals surface area contributed by atoms with E-state index in [1.165, 1.54) is 4.90 Å². The van der Waals surface area contributed by atoms with Crippen LogP contribution in [0.4, 0.5) is 11.6 Å². The maximum absolute atomic E-state index is 12.8. The summed E-state index contributed by atoms with van der Waals surface area (Å²) < 4.78 is 1.83. The molecular weight excluding hydrogens is 466 g/mol. The van der Waals surface area contributed by atoms with Crippen LogP contribution < -0.4 is 11.1 Å². The summed E-state index contributed by atoms with van der Waals surface area (Å²) in [6.45, 7) is 5.60. The molecule has 0 fully saturated rings. The van der Waals surface area contributed by atoms with Gasteiger partial charge in [-0.05, 0) is 56.0 Å². The fourth-order valence-electron chi connectivity index (χ4n) is 4.08. The van der Waals surface area contributed by atoms with Crippen LogP contribution in [0.25, 0.3) is 16.8 Å². The SMILES string of the molecule is CC#CC(=O)N(C)[C@@H](C)c1nc(-c2ccc(C(=O)Nc3cc(CCC)ccn3)cc2)c2c(N)nccn12. The van der Waals surface area contributed by atoms with E-state index in [2.05, 4.69) is 34.0 Å². The van der Waals surface area contributed by atoms with E-state index >= 15 is 0 Å². The van der Waals surface area contributed by atoms with Crippen LogP contribution in [-0.4, -0.2) is 43.1 Å². The predicted octanol–water partition coefficient (Wildman–Crippen LogP) is 4.12. The van der Waals surface area contributed by atoms with Gasteiger partial charge in [-0.2, -0.15) is 0 Å². The number of imidazole rings is 1. The van der Waals surface area contributed by atoms with E-state index in [4.69, 9.17) is 10.7 Å². The van der Waals surface area contributed by atoms with Gasteiger partial charge < -0.3 is 16.0 Å². The number of carbonyl (C=O) groups is 2. The van der Waals surface area contributed by atoms with Crippen molar-refractivity contribution in [1.82, 2.24) is 24.3 Å². The smallest absolute Gasteiger partial charge is 0.298 e. The van der Waals surface area contributed by atoms with Gasteiger partial charge in [0.1, 0.15) is 28.7 Å². The number of amides is 2. The molecule has 188 valence electrons. The van der Waals surface area contributed by atoms with Crippen molar-refractivity contribution in [3.05, 3.63) is 71.9 Å². The maximum Gasteiger partial charge on any atom is 0.298 e. The van der Waals surface area contributed by atoms with Crippen molar-refractivity contribution in [2.24, 2.45) is 0 Å². The first-order valence-electron chi connectivity index (χ1n) is 12.0. The topological polar surface area (TPSA) is 119 Å². The van der Waals surface area contributed by atoms with Crippen LogP contribution >= 0.6 is 0 Å². The van der Waals surface area contributed by atoms with Crippen molar-refractivity contribution in [2.45, 2.75) is 39.7 Å². The van der Waals surface area contributed by atoms with Gasteiger partial charge in [-0.3, -0.25) is 14.0 Å². The molecule has 0 radical (unpaired) electrons. The van der Waals surface area contributed by atoms with Crippen LogP contribution in [0.3, 0.4) is 0 Å². The lowest BCUT2D eigenvalue weighted by molar-refractivity contribution is -0.125. The number of benzene rings is 1. The van der Waals surface area contributed by atoms with Crippen molar-refractivity contribution >= 4 is 29.0 Å². The molecule has 37 heavy (non-hydrogen) atoms. The molecule has 3 heterocycles. The summed E-state index contributed by atoms with van der Waals surface area (Å²) in [6.07, 6.45) is 6.99. The number of hydrogen-bond acceptors (Lipinski definition) is 6. The highest BCUT2D eigenvalue weighted by Gasteiger charge is 2.24. The largest absolute Gasteiger partial charge is 0.382 e. The summed E-state index contributed by atoms with van der Waals surface area (Å²) in [7, 11) is 1.68. The van der Waals surface area contributed by atoms with Gasteiger partial charge in [-0.1, -0.05) is 31.4 Å². The molecule has 4 rings (SSSR count). The molecule has 0 aliphatic carbocycles. The summed E-state index contributed by atoms with van der Waals surface area (Å²) >= 11 is 0. The highest BCUT2D eigenvalue weighted by Crippen LogP contribution is 2.31. The van der Waals surface area contributed by atoms with Gasteiger partial charge in [0.05, 0.1) is 6.04 Å². The third kappa shape index (κ3) is 5.28. The number of nitrogens with one attached hydrogen (secondary N) is 1. The second-order valence-corrected chi connectivity index (χ2v) is 8.65. The molecule has 3 aromatic heterocycles. The van der Waals surface area contributed by atoms with Crippen LogP contribution in [0.1, 0.15) is 55.0 Å². The van der Waals surface area contributed by atoms with Gasteiger partial charge in [-0.25, -0.2) is 15.0 Å². The van der Waals surface area contributed by atoms with E-state index in [0.29, 0.717) is 34.2 Å². The van der Waals surface area contributed by atoms with E-state index in [-0.39, 0.29) is 17.9 Å². The Bertz CT molecular complexity index is 1510. The van der Waals surface area contributed by atoms with Crippen molar-refractivity contribution in [3.8, 4) is 23.1 Å². The summed E-state index contributed by atoms with van der Waals surface area (Å²) in [4.78, 5) is 40.0. The second kappa shape index (κ2) is 10.9. The maximum atomic E-state index is 12.8. The molecule has 0 spiro atoms. The molecule has 4 aromatic rings. The average molecular weight is 496 g/mol. The van der Waals surface area contributed by atoms with Crippen LogP contribution in [0, 0.1) is 11.8 Å². The fourth-order valence-corrected chi connectivity index (χ4v) is 4.08. The van der Waals surface area contributed by atoms with Gasteiger partial charge in [-0.15, -0.1) is 0 Å². The number of nitrogens with zero attached hydrogens (tertiary/aromatic N) is 5. The number of nitrogen functional groups attached to an aromatic ring is 1. The number of nitrogens with two attached hydrogens (primary N) is 1. The summed E-state index contributed by atoms with van der Waals surface area (Å²) in [5.41, 5.74) is 9.85. The summed E-state index contributed by atoms with van der Waals surface area (Å²) in [5.74, 6) is 6.08. The fraction of sp³-hybridized carbons (Fsp3) is 0.250. The van der Waals surface area contributed by atoms with Crippen molar-refractivity contribution in [2.75, 3.05) is 18.1 Å². The molecule has 0 aliphatic heterocycles. The number of aryl methyl sites for hydroxylation is 1. The molecule has 3 N–H and O–H groups in total. The molecule has 0 unspecified atom stereocenters. The van der Waals surface area contributed by atoms with Gasteiger partial charge in [0.2, 0.25) is 0 Å². The Kier molecular flexibility index (Phi) is 7.49. The van der Waals surface area contributed by atoms with Crippen LogP contribution in [0.5, 0.6) is 0 Å². The lowest BCUT2D eigenvalue weighted by Crippen LogP contribution is -2.29. The number of fused-ring (bicyclic) bond motifs is 1. The van der Waals surface area contributed by atoms with Crippen molar-refractivity contribution in [1.29, 1.82) is 0 Å². The third-order valence-electron chi connectivity index (χ3n) is 6.14. The zero-order valence-corrected chi connectivity index (χ0v) is 21.3. The Morgan fingerprint density at radius 1 is 1.16 bits per heavy atom. The molecule has 9 nitrogen and oxygen atoms in total. The van der Waals surface area contributed by atoms with E-state index in [1.807, 2.05) is 35.6 Å². The Morgan fingerprint density at radius 3 is 2.62 bits per heavy atom. The molecule has 2 amide bonds. The minimum atomic E-state index is -0.377. The first-order chi connectivity index (χ1) is 17.8. The second-order valence-electron chi connectivity index (χ2n) is 8.65. The number of rotatable bonds is 7. The molecule has 1 atom stereocenters. The summed E-state index contributed by atoms with van der Waals surface area (Å²) in [6, 6.07) is 10.6. The number of anilines is 2. The minimum Gasteiger partial charge on any atom is -0.382 e. The predicted molar refractivity (Wildman–Crippen MR) is 144 cm³/mol. The first kappa shape index (κ1) is 25.4. The Labute approximate surface area is 215 Å². The Balaban J connectivity index is 1.64. The highest BCUT2D eigenvalue weighted by atomic mass is 16.2. The Hall–Kier alpha value is -4.71. The van der Waals surface area contributed by atoms with E-state index in [9.17, 15) is 9.59 Å². The summed E-state index contributed by atoms with van der Waals surface area (Å²) in [5, 5.41) is 2.86. The van der Waals surface area contributed by atoms with Gasteiger partial charge in [0.25, 0.3) is 11.8 Å². The number of pyridine rings is 1. The number of carbonyl (C=O) groups excluding carboxylic acids is 2. The highest BCUT2D eigenvalue weighted by molar-refractivity contribution is 6.04. The van der Waals surface area contributed by atoms with E-state index < -0.39 is 0 Å². The van der Waals surface area contributed by atoms with Gasteiger partial charge in [0.15, 0.2) is 0 Å². The Morgan fingerprint density at radius 2 is 1.92 bits per heavy atom. The molecule has 0 saturated heterocycles. The molecule has 9 heteroatoms. The molecule has 1 aromatic carbocycles. The molecular formula is C28H29N7O2. The minimum absolute atomic E-state index is 0.255. The monoisotopic (exact) mass is 495 g/mol.